The largest absolute Gasteiger partial charge is 0.457 e. The van der Waals surface area contributed by atoms with Crippen LogP contribution in [0.5, 0.6) is 11.5 Å². The molecule has 3 nitrogen and oxygen atoms in total. The van der Waals surface area contributed by atoms with Crippen molar-refractivity contribution in [1.82, 2.24) is 0 Å². The Morgan fingerprint density at radius 2 is 1.14 bits per heavy atom. The van der Waals surface area contributed by atoms with Crippen LogP contribution in [0.15, 0.2) is 85.7 Å². The van der Waals surface area contributed by atoms with Crippen LogP contribution in [0.4, 0.5) is 0 Å². The summed E-state index contributed by atoms with van der Waals surface area (Å²) in [6.07, 6.45) is 2.71. The van der Waals surface area contributed by atoms with Crippen LogP contribution in [-0.2, 0) is 0 Å². The fourth-order valence-corrected chi connectivity index (χ4v) is 1.76. The Labute approximate surface area is 129 Å². The Bertz CT molecular complexity index is 677. The van der Waals surface area contributed by atoms with E-state index in [4.69, 9.17) is 9.47 Å². The molecule has 0 aliphatic heterocycles. The summed E-state index contributed by atoms with van der Waals surface area (Å²) in [7, 11) is 0. The summed E-state index contributed by atoms with van der Waals surface area (Å²) in [6.45, 7) is 6.81. The maximum absolute atomic E-state index is 12.4. The molecule has 0 aromatic heterocycles. The van der Waals surface area contributed by atoms with Gasteiger partial charge in [-0.25, -0.2) is 0 Å². The minimum absolute atomic E-state index is 0.0726. The first-order valence-electron chi connectivity index (χ1n) is 6.51. The summed E-state index contributed by atoms with van der Waals surface area (Å²) in [5.41, 5.74) is 6.18. The molecule has 0 spiro atoms. The minimum Gasteiger partial charge on any atom is -0.457 e. The number of hydrogen-bond donors (Lipinski definition) is 0. The highest BCUT2D eigenvalue weighted by molar-refractivity contribution is 6.09. The Morgan fingerprint density at radius 3 is 1.45 bits per heavy atom. The highest BCUT2D eigenvalue weighted by Gasteiger charge is 2.09. The predicted molar refractivity (Wildman–Crippen MR) is 85.0 cm³/mol. The number of rotatable bonds is 6. The summed E-state index contributed by atoms with van der Waals surface area (Å²) in [5.74, 6) is 1.16. The smallest absolute Gasteiger partial charge is 0.193 e. The van der Waals surface area contributed by atoms with Gasteiger partial charge in [0.2, 0.25) is 0 Å². The summed E-state index contributed by atoms with van der Waals surface area (Å²) in [6, 6.07) is 13.7. The summed E-state index contributed by atoms with van der Waals surface area (Å²) < 4.78 is 10.4. The Morgan fingerprint density at radius 1 is 0.773 bits per heavy atom. The van der Waals surface area contributed by atoms with Gasteiger partial charge in [0.15, 0.2) is 5.78 Å². The van der Waals surface area contributed by atoms with Crippen molar-refractivity contribution >= 4 is 5.78 Å². The molecular weight excluding hydrogens is 276 g/mol. The Hall–Kier alpha value is -3.25. The number of ketones is 1. The van der Waals surface area contributed by atoms with E-state index >= 15 is 0 Å². The van der Waals surface area contributed by atoms with Crippen LogP contribution in [0.2, 0.25) is 0 Å². The number of ether oxygens (including phenoxy) is 2. The minimum atomic E-state index is -0.0726. The lowest BCUT2D eigenvalue weighted by molar-refractivity contribution is 0.103. The van der Waals surface area contributed by atoms with Crippen molar-refractivity contribution in [3.8, 4) is 11.5 Å². The second kappa shape index (κ2) is 7.51. The summed E-state index contributed by atoms with van der Waals surface area (Å²) in [4.78, 5) is 12.4. The zero-order valence-corrected chi connectivity index (χ0v) is 11.9. The van der Waals surface area contributed by atoms with Gasteiger partial charge in [-0.1, -0.05) is 24.6 Å². The van der Waals surface area contributed by atoms with E-state index in [0.29, 0.717) is 22.6 Å². The molecule has 0 fully saturated rings. The first-order chi connectivity index (χ1) is 10.7. The van der Waals surface area contributed by atoms with Crippen molar-refractivity contribution in [2.45, 2.75) is 0 Å². The summed E-state index contributed by atoms with van der Waals surface area (Å²) in [5, 5.41) is 0. The average Bonchev–Trinajstić information content (AvgIpc) is 2.58. The van der Waals surface area contributed by atoms with Crippen LogP contribution in [-0.4, -0.2) is 5.78 Å². The van der Waals surface area contributed by atoms with E-state index < -0.39 is 0 Å². The van der Waals surface area contributed by atoms with E-state index in [9.17, 15) is 4.79 Å². The van der Waals surface area contributed by atoms with E-state index in [1.807, 2.05) is 0 Å². The number of carbonyl (C=O) groups excluding carboxylic acids is 1. The fraction of sp³-hybridized carbons (Fsp3) is 0. The van der Waals surface area contributed by atoms with Crippen LogP contribution >= 0.6 is 0 Å². The third-order valence-corrected chi connectivity index (χ3v) is 2.79. The summed E-state index contributed by atoms with van der Waals surface area (Å²) >= 11 is 0. The van der Waals surface area contributed by atoms with E-state index in [2.05, 4.69) is 24.6 Å². The van der Waals surface area contributed by atoms with Gasteiger partial charge in [0, 0.05) is 11.1 Å². The quantitative estimate of drug-likeness (QED) is 0.453. The zero-order valence-electron chi connectivity index (χ0n) is 11.9. The van der Waals surface area contributed by atoms with E-state index in [1.165, 1.54) is 12.5 Å². The molecule has 0 aliphatic rings. The Balaban J connectivity index is 2.13. The lowest BCUT2D eigenvalue weighted by Gasteiger charge is -2.04. The molecular formula is C19H14O3. The molecule has 0 atom stereocenters. The van der Waals surface area contributed by atoms with Crippen LogP contribution in [0.1, 0.15) is 15.9 Å². The van der Waals surface area contributed by atoms with Crippen LogP contribution < -0.4 is 9.47 Å². The lowest BCUT2D eigenvalue weighted by atomic mass is 10.0. The van der Waals surface area contributed by atoms with Crippen molar-refractivity contribution in [2.75, 3.05) is 0 Å². The highest BCUT2D eigenvalue weighted by atomic mass is 16.5. The van der Waals surface area contributed by atoms with Gasteiger partial charge in [-0.05, 0) is 48.5 Å². The van der Waals surface area contributed by atoms with Crippen molar-refractivity contribution < 1.29 is 14.3 Å². The SMILES string of the molecule is C=C=COc1ccc(C(=O)c2ccc(OC=C=C)cc2)cc1. The second-order valence-corrected chi connectivity index (χ2v) is 4.26. The fourth-order valence-electron chi connectivity index (χ4n) is 1.76. The number of hydrogen-bond acceptors (Lipinski definition) is 3. The Kier molecular flexibility index (Phi) is 5.17. The molecule has 2 aromatic carbocycles. The molecule has 0 amide bonds. The normalized spacial score (nSPS) is 9.09. The van der Waals surface area contributed by atoms with Crippen molar-refractivity contribution in [3.63, 3.8) is 0 Å². The first-order valence-corrected chi connectivity index (χ1v) is 6.51. The van der Waals surface area contributed by atoms with E-state index in [0.717, 1.165) is 0 Å². The molecule has 0 saturated carbocycles. The molecule has 2 aromatic rings. The molecule has 22 heavy (non-hydrogen) atoms. The molecule has 0 bridgehead atoms. The van der Waals surface area contributed by atoms with Gasteiger partial charge in [0.25, 0.3) is 0 Å². The maximum Gasteiger partial charge on any atom is 0.193 e. The highest BCUT2D eigenvalue weighted by Crippen LogP contribution is 2.18. The van der Waals surface area contributed by atoms with Crippen molar-refractivity contribution in [1.29, 1.82) is 0 Å². The van der Waals surface area contributed by atoms with Crippen molar-refractivity contribution in [2.24, 2.45) is 0 Å². The van der Waals surface area contributed by atoms with Crippen LogP contribution in [0.25, 0.3) is 0 Å². The van der Waals surface area contributed by atoms with Gasteiger partial charge in [-0.3, -0.25) is 4.79 Å². The van der Waals surface area contributed by atoms with E-state index in [-0.39, 0.29) is 5.78 Å². The van der Waals surface area contributed by atoms with Gasteiger partial charge in [0.05, 0.1) is 0 Å². The van der Waals surface area contributed by atoms with Gasteiger partial charge < -0.3 is 9.47 Å². The zero-order chi connectivity index (χ0) is 15.8. The molecule has 0 saturated heterocycles. The maximum atomic E-state index is 12.4. The molecule has 0 radical (unpaired) electrons. The average molecular weight is 290 g/mol. The molecule has 0 unspecified atom stereocenters. The van der Waals surface area contributed by atoms with Gasteiger partial charge in [-0.15, -0.1) is 0 Å². The molecule has 2 rings (SSSR count). The van der Waals surface area contributed by atoms with Crippen molar-refractivity contribution in [3.05, 3.63) is 96.8 Å². The van der Waals surface area contributed by atoms with E-state index in [1.54, 1.807) is 48.5 Å². The van der Waals surface area contributed by atoms with Crippen LogP contribution in [0, 0.1) is 0 Å². The van der Waals surface area contributed by atoms with Gasteiger partial charge in [0.1, 0.15) is 24.0 Å². The lowest BCUT2D eigenvalue weighted by Crippen LogP contribution is -2.00. The van der Waals surface area contributed by atoms with Gasteiger partial charge >= 0.3 is 0 Å². The number of benzene rings is 2. The topological polar surface area (TPSA) is 35.5 Å². The second-order valence-electron chi connectivity index (χ2n) is 4.26. The standard InChI is InChI=1S/C19H14O3/c1-3-13-21-17-9-5-15(6-10-17)19(20)16-7-11-18(12-8-16)22-14-4-2/h5-14H,1-2H2. The monoisotopic (exact) mass is 290 g/mol. The molecule has 0 heterocycles. The number of carbonyl (C=O) groups is 1. The molecule has 3 heteroatoms. The van der Waals surface area contributed by atoms with Gasteiger partial charge in [-0.2, -0.15) is 0 Å². The molecule has 0 N–H and O–H groups in total. The first kappa shape index (κ1) is 15.1. The third kappa shape index (κ3) is 3.87. The van der Waals surface area contributed by atoms with Crippen LogP contribution in [0.3, 0.4) is 0 Å². The molecule has 0 aliphatic carbocycles. The predicted octanol–water partition coefficient (Wildman–Crippen LogP) is 4.27. The molecule has 108 valence electrons. The third-order valence-electron chi connectivity index (χ3n) is 2.79.